The maximum absolute atomic E-state index is 12.9. The minimum absolute atomic E-state index is 0.369. The summed E-state index contributed by atoms with van der Waals surface area (Å²) in [6.07, 6.45) is 7.57. The van der Waals surface area contributed by atoms with Crippen LogP contribution >= 0.6 is 0 Å². The molecule has 0 atom stereocenters. The van der Waals surface area contributed by atoms with Gasteiger partial charge in [0.1, 0.15) is 0 Å². The fourth-order valence-electron chi connectivity index (χ4n) is 3.73. The first-order chi connectivity index (χ1) is 12.5. The molecule has 0 radical (unpaired) electrons. The molecule has 0 saturated carbocycles. The molecule has 0 spiro atoms. The zero-order valence-corrected chi connectivity index (χ0v) is 15.8. The third-order valence-electron chi connectivity index (χ3n) is 5.19. The fraction of sp³-hybridized carbons (Fsp3) is 0.273. The average molecular weight is 365 g/mol. The van der Waals surface area contributed by atoms with Crippen molar-refractivity contribution < 1.29 is 8.42 Å². The van der Waals surface area contributed by atoms with Gasteiger partial charge in [-0.05, 0) is 60.6 Å². The third-order valence-corrected chi connectivity index (χ3v) is 7.02. The maximum Gasteiger partial charge on any atom is 0.243 e. The van der Waals surface area contributed by atoms with Crippen LogP contribution in [0.1, 0.15) is 29.5 Å². The van der Waals surface area contributed by atoms with E-state index in [0.717, 1.165) is 30.4 Å². The second kappa shape index (κ2) is 6.86. The van der Waals surface area contributed by atoms with Crippen molar-refractivity contribution in [2.24, 2.45) is 0 Å². The number of fused-ring (bicyclic) bond motifs is 1. The Morgan fingerprint density at radius 3 is 2.58 bits per heavy atom. The lowest BCUT2D eigenvalue weighted by Gasteiger charge is -2.20. The highest BCUT2D eigenvalue weighted by Crippen LogP contribution is 2.32. The number of hydrogen-bond acceptors (Lipinski definition) is 2. The summed E-state index contributed by atoms with van der Waals surface area (Å²) >= 11 is 0. The molecular formula is C22H23NO2S. The molecule has 3 nitrogen and oxygen atoms in total. The fourth-order valence-corrected chi connectivity index (χ4v) is 5.10. The largest absolute Gasteiger partial charge is 0.243 e. The third kappa shape index (κ3) is 3.27. The van der Waals surface area contributed by atoms with Crippen molar-refractivity contribution in [2.75, 3.05) is 13.1 Å². The first-order valence-corrected chi connectivity index (χ1v) is 10.5. The van der Waals surface area contributed by atoms with Crippen LogP contribution in [-0.2, 0) is 16.4 Å². The van der Waals surface area contributed by atoms with Gasteiger partial charge in [-0.25, -0.2) is 8.42 Å². The van der Waals surface area contributed by atoms with E-state index in [0.29, 0.717) is 18.0 Å². The zero-order valence-electron chi connectivity index (χ0n) is 15.0. The molecule has 26 heavy (non-hydrogen) atoms. The Balaban J connectivity index is 1.55. The molecule has 0 bridgehead atoms. The minimum atomic E-state index is -3.44. The molecule has 0 fully saturated rings. The number of rotatable bonds is 3. The van der Waals surface area contributed by atoms with Crippen LogP contribution in [0.3, 0.4) is 0 Å². The highest BCUT2D eigenvalue weighted by molar-refractivity contribution is 7.89. The molecule has 0 aromatic heterocycles. The Hall–Kier alpha value is -2.17. The monoisotopic (exact) mass is 365 g/mol. The van der Waals surface area contributed by atoms with E-state index in [-0.39, 0.29) is 0 Å². The predicted octanol–water partition coefficient (Wildman–Crippen LogP) is 4.35. The minimum Gasteiger partial charge on any atom is -0.207 e. The molecule has 1 aliphatic carbocycles. The van der Waals surface area contributed by atoms with E-state index in [1.54, 1.807) is 16.4 Å². The van der Waals surface area contributed by atoms with Gasteiger partial charge in [-0.1, -0.05) is 54.1 Å². The highest BCUT2D eigenvalue weighted by Gasteiger charge is 2.27. The molecule has 0 N–H and O–H groups in total. The molecule has 1 aliphatic heterocycles. The van der Waals surface area contributed by atoms with Gasteiger partial charge >= 0.3 is 0 Å². The molecule has 2 aliphatic rings. The lowest BCUT2D eigenvalue weighted by Crippen LogP contribution is -2.29. The van der Waals surface area contributed by atoms with Gasteiger partial charge in [0.2, 0.25) is 10.0 Å². The van der Waals surface area contributed by atoms with E-state index in [1.165, 1.54) is 16.7 Å². The Morgan fingerprint density at radius 2 is 1.77 bits per heavy atom. The van der Waals surface area contributed by atoms with E-state index >= 15 is 0 Å². The summed E-state index contributed by atoms with van der Waals surface area (Å²) in [4.78, 5) is 0.369. The Kier molecular flexibility index (Phi) is 4.55. The molecule has 4 rings (SSSR count). The van der Waals surface area contributed by atoms with Gasteiger partial charge < -0.3 is 0 Å². The first kappa shape index (κ1) is 17.3. The van der Waals surface area contributed by atoms with Gasteiger partial charge in [0.25, 0.3) is 0 Å². The highest BCUT2D eigenvalue weighted by atomic mass is 32.2. The Morgan fingerprint density at radius 1 is 1.00 bits per heavy atom. The van der Waals surface area contributed by atoms with Crippen LogP contribution in [0, 0.1) is 6.92 Å². The Labute approximate surface area is 155 Å². The SMILES string of the molecule is Cc1ccc(S(=O)(=O)N2CC=C(/C=C3\CCCc4ccccc43)C2)cc1. The van der Waals surface area contributed by atoms with Crippen LogP contribution in [0.2, 0.25) is 0 Å². The van der Waals surface area contributed by atoms with Crippen molar-refractivity contribution >= 4 is 15.6 Å². The summed E-state index contributed by atoms with van der Waals surface area (Å²) in [6.45, 7) is 2.85. The van der Waals surface area contributed by atoms with Gasteiger partial charge in [-0.15, -0.1) is 0 Å². The zero-order chi connectivity index (χ0) is 18.1. The van der Waals surface area contributed by atoms with Gasteiger partial charge in [0.15, 0.2) is 0 Å². The topological polar surface area (TPSA) is 37.4 Å². The Bertz CT molecular complexity index is 985. The summed E-state index contributed by atoms with van der Waals surface area (Å²) in [5.74, 6) is 0. The van der Waals surface area contributed by atoms with Crippen molar-refractivity contribution in [1.29, 1.82) is 0 Å². The van der Waals surface area contributed by atoms with Gasteiger partial charge in [0, 0.05) is 13.1 Å². The quantitative estimate of drug-likeness (QED) is 0.811. The molecule has 0 unspecified atom stereocenters. The summed E-state index contributed by atoms with van der Waals surface area (Å²) in [7, 11) is -3.44. The normalized spacial score (nSPS) is 19.4. The molecule has 1 heterocycles. The first-order valence-electron chi connectivity index (χ1n) is 9.09. The van der Waals surface area contributed by atoms with Crippen LogP contribution < -0.4 is 0 Å². The van der Waals surface area contributed by atoms with E-state index in [2.05, 4.69) is 30.3 Å². The summed E-state index contributed by atoms with van der Waals surface area (Å²) in [6, 6.07) is 15.6. The van der Waals surface area contributed by atoms with Crippen LogP contribution in [0.5, 0.6) is 0 Å². The van der Waals surface area contributed by atoms with Crippen molar-refractivity contribution in [3.05, 3.63) is 82.9 Å². The van der Waals surface area contributed by atoms with E-state index in [1.807, 2.05) is 25.1 Å². The predicted molar refractivity (Wildman–Crippen MR) is 105 cm³/mol. The van der Waals surface area contributed by atoms with Gasteiger partial charge in [0.05, 0.1) is 4.90 Å². The van der Waals surface area contributed by atoms with Crippen LogP contribution in [-0.4, -0.2) is 25.8 Å². The number of hydrogen-bond donors (Lipinski definition) is 0. The van der Waals surface area contributed by atoms with Crippen LogP contribution in [0.15, 0.2) is 71.2 Å². The summed E-state index contributed by atoms with van der Waals surface area (Å²) in [5.41, 5.74) is 6.19. The van der Waals surface area contributed by atoms with Crippen LogP contribution in [0.4, 0.5) is 0 Å². The number of allylic oxidation sites excluding steroid dienone is 1. The molecule has 2 aromatic rings. The summed E-state index contributed by atoms with van der Waals surface area (Å²) in [5, 5.41) is 0. The second-order valence-electron chi connectivity index (χ2n) is 7.07. The number of aryl methyl sites for hydroxylation is 2. The number of nitrogens with zero attached hydrogens (tertiary/aromatic N) is 1. The molecular weight excluding hydrogens is 342 g/mol. The molecule has 0 saturated heterocycles. The second-order valence-corrected chi connectivity index (χ2v) is 9.01. The van der Waals surface area contributed by atoms with E-state index in [9.17, 15) is 8.42 Å². The molecule has 2 aromatic carbocycles. The lowest BCUT2D eigenvalue weighted by atomic mass is 9.86. The van der Waals surface area contributed by atoms with E-state index < -0.39 is 10.0 Å². The van der Waals surface area contributed by atoms with Crippen molar-refractivity contribution in [2.45, 2.75) is 31.1 Å². The van der Waals surface area contributed by atoms with Gasteiger partial charge in [-0.2, -0.15) is 4.31 Å². The maximum atomic E-state index is 12.9. The lowest BCUT2D eigenvalue weighted by molar-refractivity contribution is 0.485. The molecule has 4 heteroatoms. The molecule has 0 amide bonds. The average Bonchev–Trinajstić information content (AvgIpc) is 3.12. The number of sulfonamides is 1. The smallest absolute Gasteiger partial charge is 0.207 e. The van der Waals surface area contributed by atoms with Crippen molar-refractivity contribution in [3.8, 4) is 0 Å². The molecule has 134 valence electrons. The van der Waals surface area contributed by atoms with Crippen LogP contribution in [0.25, 0.3) is 5.57 Å². The van der Waals surface area contributed by atoms with E-state index in [4.69, 9.17) is 0 Å². The standard InChI is InChI=1S/C22H23NO2S/c1-17-9-11-21(12-10-17)26(24,25)23-14-13-18(16-23)15-20-7-4-6-19-5-2-3-8-22(19)20/h2-3,5,8-13,15H,4,6-7,14,16H2,1H3/b20-15+. The van der Waals surface area contributed by atoms with Gasteiger partial charge in [-0.3, -0.25) is 0 Å². The summed E-state index contributed by atoms with van der Waals surface area (Å²) < 4.78 is 27.3. The van der Waals surface area contributed by atoms with Crippen molar-refractivity contribution in [3.63, 3.8) is 0 Å². The van der Waals surface area contributed by atoms with Crippen molar-refractivity contribution in [1.82, 2.24) is 4.31 Å². The number of benzene rings is 2.